The van der Waals surface area contributed by atoms with Crippen molar-refractivity contribution in [1.29, 1.82) is 0 Å². The molecule has 0 unspecified atom stereocenters. The van der Waals surface area contributed by atoms with Crippen molar-refractivity contribution < 1.29 is 17.9 Å². The van der Waals surface area contributed by atoms with Gasteiger partial charge in [-0.05, 0) is 62.3 Å². The topological polar surface area (TPSA) is 88.6 Å². The molecule has 9 heteroatoms. The second kappa shape index (κ2) is 8.74. The number of hydrogen-bond acceptors (Lipinski definition) is 6. The van der Waals surface area contributed by atoms with Crippen molar-refractivity contribution in [2.24, 2.45) is 5.92 Å². The Balaban J connectivity index is 1.42. The van der Waals surface area contributed by atoms with E-state index in [-0.39, 0.29) is 16.9 Å². The summed E-state index contributed by atoms with van der Waals surface area (Å²) < 4.78 is 32.4. The lowest BCUT2D eigenvalue weighted by atomic mass is 9.93. The first-order chi connectivity index (χ1) is 14.3. The van der Waals surface area contributed by atoms with Crippen LogP contribution in [0.5, 0.6) is 0 Å². The van der Waals surface area contributed by atoms with Crippen LogP contribution in [0.2, 0.25) is 0 Å². The minimum atomic E-state index is -3.62. The fourth-order valence-electron chi connectivity index (χ4n) is 3.89. The van der Waals surface area contributed by atoms with Gasteiger partial charge in [0.25, 0.3) is 5.91 Å². The van der Waals surface area contributed by atoms with Crippen LogP contribution >= 0.6 is 11.3 Å². The first-order valence-corrected chi connectivity index (χ1v) is 12.6. The van der Waals surface area contributed by atoms with E-state index in [1.807, 2.05) is 0 Å². The summed E-state index contributed by atoms with van der Waals surface area (Å²) in [4.78, 5) is 18.6. The largest absolute Gasteiger partial charge is 0.377 e. The Morgan fingerprint density at radius 1 is 1.30 bits per heavy atom. The summed E-state index contributed by atoms with van der Waals surface area (Å²) in [5, 5.41) is 3.46. The molecule has 7 nitrogen and oxygen atoms in total. The molecule has 1 aromatic carbocycles. The van der Waals surface area contributed by atoms with Gasteiger partial charge in [0.15, 0.2) is 5.13 Å². The molecule has 1 aliphatic carbocycles. The Labute approximate surface area is 181 Å². The number of ether oxygens (including phenoxy) is 1. The third-order valence-electron chi connectivity index (χ3n) is 5.72. The zero-order valence-electron chi connectivity index (χ0n) is 17.3. The lowest BCUT2D eigenvalue weighted by Gasteiger charge is -2.20. The number of thiazole rings is 1. The Bertz CT molecular complexity index is 1010. The summed E-state index contributed by atoms with van der Waals surface area (Å²) in [6.45, 7) is 3.25. The Morgan fingerprint density at radius 2 is 2.07 bits per heavy atom. The molecule has 0 bridgehead atoms. The van der Waals surface area contributed by atoms with E-state index < -0.39 is 10.0 Å². The number of amides is 1. The molecule has 2 atom stereocenters. The molecule has 1 aromatic heterocycles. The molecular formula is C21H27N3O4S2. The van der Waals surface area contributed by atoms with Gasteiger partial charge >= 0.3 is 0 Å². The van der Waals surface area contributed by atoms with Crippen molar-refractivity contribution in [3.63, 3.8) is 0 Å². The molecule has 2 aromatic rings. The van der Waals surface area contributed by atoms with E-state index in [2.05, 4.69) is 17.2 Å². The van der Waals surface area contributed by atoms with Crippen LogP contribution in [-0.4, -0.2) is 49.9 Å². The maximum atomic E-state index is 12.8. The van der Waals surface area contributed by atoms with Crippen LogP contribution in [0.15, 0.2) is 29.2 Å². The number of hydrogen-bond donors (Lipinski definition) is 1. The van der Waals surface area contributed by atoms with Crippen molar-refractivity contribution in [2.75, 3.05) is 25.5 Å². The predicted molar refractivity (Wildman–Crippen MR) is 116 cm³/mol. The lowest BCUT2D eigenvalue weighted by molar-refractivity contribution is 0.0979. The normalized spacial score (nSPS) is 21.6. The van der Waals surface area contributed by atoms with Crippen LogP contribution in [0.1, 0.15) is 47.1 Å². The highest BCUT2D eigenvalue weighted by Gasteiger charge is 2.26. The molecule has 1 N–H and O–H groups in total. The lowest BCUT2D eigenvalue weighted by Crippen LogP contribution is -2.34. The molecule has 1 saturated heterocycles. The number of nitrogens with one attached hydrogen (secondary N) is 1. The highest BCUT2D eigenvalue weighted by atomic mass is 32.2. The Morgan fingerprint density at radius 3 is 2.77 bits per heavy atom. The van der Waals surface area contributed by atoms with E-state index in [4.69, 9.17) is 4.74 Å². The van der Waals surface area contributed by atoms with Crippen LogP contribution in [0.4, 0.5) is 5.13 Å². The summed E-state index contributed by atoms with van der Waals surface area (Å²) in [7, 11) is -2.07. The second-order valence-corrected chi connectivity index (χ2v) is 11.3. The maximum absolute atomic E-state index is 12.8. The van der Waals surface area contributed by atoms with Gasteiger partial charge < -0.3 is 4.74 Å². The fraction of sp³-hybridized carbons (Fsp3) is 0.524. The van der Waals surface area contributed by atoms with Gasteiger partial charge in [-0.15, -0.1) is 11.3 Å². The number of sulfonamides is 1. The molecule has 0 radical (unpaired) electrons. The van der Waals surface area contributed by atoms with Gasteiger partial charge in [0.1, 0.15) is 0 Å². The Kier molecular flexibility index (Phi) is 6.24. The molecule has 162 valence electrons. The predicted octanol–water partition coefficient (Wildman–Crippen LogP) is 3.32. The number of fused-ring (bicyclic) bond motifs is 1. The van der Waals surface area contributed by atoms with Crippen molar-refractivity contribution in [3.8, 4) is 0 Å². The van der Waals surface area contributed by atoms with Gasteiger partial charge in [-0.25, -0.2) is 13.4 Å². The van der Waals surface area contributed by atoms with Crippen LogP contribution in [-0.2, 0) is 27.6 Å². The van der Waals surface area contributed by atoms with Crippen LogP contribution in [0, 0.1) is 5.92 Å². The molecule has 1 fully saturated rings. The highest BCUT2D eigenvalue weighted by molar-refractivity contribution is 7.89. The maximum Gasteiger partial charge on any atom is 0.257 e. The summed E-state index contributed by atoms with van der Waals surface area (Å²) >= 11 is 1.53. The molecule has 0 saturated carbocycles. The van der Waals surface area contributed by atoms with Crippen molar-refractivity contribution in [3.05, 3.63) is 40.4 Å². The number of carbonyl (C=O) groups excluding carboxylic acids is 1. The van der Waals surface area contributed by atoms with Crippen molar-refractivity contribution in [2.45, 2.75) is 50.0 Å². The van der Waals surface area contributed by atoms with Crippen LogP contribution in [0.25, 0.3) is 0 Å². The van der Waals surface area contributed by atoms with Gasteiger partial charge in [0.2, 0.25) is 10.0 Å². The molecule has 1 amide bonds. The first kappa shape index (κ1) is 21.4. The minimum absolute atomic E-state index is 0.0538. The first-order valence-electron chi connectivity index (χ1n) is 10.3. The SMILES string of the molecule is C[C@H]1CCc2nc(NC(=O)c3ccc(S(=O)(=O)N(C)C[C@H]4CCCO4)cc3)sc2C1. The monoisotopic (exact) mass is 449 g/mol. The number of aryl methyl sites for hydroxylation is 1. The molecular weight excluding hydrogens is 422 g/mol. The number of aromatic nitrogens is 1. The zero-order chi connectivity index (χ0) is 21.3. The van der Waals surface area contributed by atoms with Gasteiger partial charge in [-0.3, -0.25) is 10.1 Å². The zero-order valence-corrected chi connectivity index (χ0v) is 18.9. The number of anilines is 1. The number of carbonyl (C=O) groups is 1. The van der Waals surface area contributed by atoms with Crippen LogP contribution < -0.4 is 5.32 Å². The molecule has 2 heterocycles. The van der Waals surface area contributed by atoms with Gasteiger partial charge in [0, 0.05) is 30.6 Å². The van der Waals surface area contributed by atoms with E-state index in [0.29, 0.717) is 29.8 Å². The summed E-state index contributed by atoms with van der Waals surface area (Å²) in [6, 6.07) is 6.03. The number of rotatable bonds is 6. The average Bonchev–Trinajstić information content (AvgIpc) is 3.37. The van der Waals surface area contributed by atoms with E-state index in [1.54, 1.807) is 7.05 Å². The quantitative estimate of drug-likeness (QED) is 0.731. The fourth-order valence-corrected chi connectivity index (χ4v) is 6.26. The van der Waals surface area contributed by atoms with Gasteiger partial charge in [0.05, 0.1) is 16.7 Å². The summed E-state index contributed by atoms with van der Waals surface area (Å²) in [5.41, 5.74) is 1.49. The van der Waals surface area contributed by atoms with Crippen molar-refractivity contribution >= 4 is 32.4 Å². The standard InChI is InChI=1S/C21H27N3O4S2/c1-14-5-10-18-19(12-14)29-21(22-18)23-20(25)15-6-8-17(9-7-15)30(26,27)24(2)13-16-4-3-11-28-16/h6-9,14,16H,3-5,10-13H2,1-2H3,(H,22,23,25)/t14-,16+/m0/s1. The van der Waals surface area contributed by atoms with Gasteiger partial charge in [-0.1, -0.05) is 6.92 Å². The molecule has 30 heavy (non-hydrogen) atoms. The van der Waals surface area contributed by atoms with Gasteiger partial charge in [-0.2, -0.15) is 4.31 Å². The smallest absolute Gasteiger partial charge is 0.257 e. The third-order valence-corrected chi connectivity index (χ3v) is 8.59. The third kappa shape index (κ3) is 4.59. The van der Waals surface area contributed by atoms with Crippen molar-refractivity contribution in [1.82, 2.24) is 9.29 Å². The molecule has 0 spiro atoms. The Hall–Kier alpha value is -1.81. The number of nitrogens with zero attached hydrogens (tertiary/aromatic N) is 2. The molecule has 4 rings (SSSR count). The van der Waals surface area contributed by atoms with Crippen LogP contribution in [0.3, 0.4) is 0 Å². The average molecular weight is 450 g/mol. The van der Waals surface area contributed by atoms with E-state index >= 15 is 0 Å². The number of benzene rings is 1. The minimum Gasteiger partial charge on any atom is -0.377 e. The highest BCUT2D eigenvalue weighted by Crippen LogP contribution is 2.32. The summed E-state index contributed by atoms with van der Waals surface area (Å²) in [5.74, 6) is 0.361. The molecule has 1 aliphatic heterocycles. The van der Waals surface area contributed by atoms with E-state index in [9.17, 15) is 13.2 Å². The van der Waals surface area contributed by atoms with E-state index in [0.717, 1.165) is 37.8 Å². The van der Waals surface area contributed by atoms with E-state index in [1.165, 1.54) is 44.8 Å². The second-order valence-electron chi connectivity index (χ2n) is 8.14. The summed E-state index contributed by atoms with van der Waals surface area (Å²) in [6.07, 6.45) is 4.87. The number of likely N-dealkylation sites (N-methyl/N-ethyl adjacent to an activating group) is 1. The molecule has 2 aliphatic rings.